The molecule has 0 bridgehead atoms. The van der Waals surface area contributed by atoms with E-state index in [0.717, 1.165) is 57.3 Å². The molecule has 2 atom stereocenters. The SMILES string of the molecule is CCNC(=NCC(C(C)C)N1CCN(C)CC1)NC(C)Cc1c(C)nn(C)c1C.I. The topological polar surface area (TPSA) is 60.7 Å². The van der Waals surface area contributed by atoms with Crippen LogP contribution in [0.25, 0.3) is 0 Å². The van der Waals surface area contributed by atoms with Gasteiger partial charge in [-0.3, -0.25) is 14.6 Å². The highest BCUT2D eigenvalue weighted by Crippen LogP contribution is 2.15. The van der Waals surface area contributed by atoms with Crippen molar-refractivity contribution >= 4 is 29.9 Å². The fraction of sp³-hybridized carbons (Fsp3) is 0.818. The smallest absolute Gasteiger partial charge is 0.191 e. The summed E-state index contributed by atoms with van der Waals surface area (Å²) < 4.78 is 1.97. The molecule has 0 aliphatic carbocycles. The Morgan fingerprint density at radius 3 is 2.23 bits per heavy atom. The Bertz CT molecular complexity index is 663. The van der Waals surface area contributed by atoms with Crippen molar-refractivity contribution in [3.8, 4) is 0 Å². The first kappa shape index (κ1) is 27.2. The summed E-state index contributed by atoms with van der Waals surface area (Å²) in [5.41, 5.74) is 3.70. The van der Waals surface area contributed by atoms with Gasteiger partial charge in [0.2, 0.25) is 0 Å². The number of aryl methyl sites for hydroxylation is 2. The summed E-state index contributed by atoms with van der Waals surface area (Å²) in [6.07, 6.45) is 0.946. The molecule has 0 aromatic carbocycles. The number of hydrogen-bond acceptors (Lipinski definition) is 4. The van der Waals surface area contributed by atoms with Crippen LogP contribution in [-0.2, 0) is 13.5 Å². The minimum absolute atomic E-state index is 0. The third kappa shape index (κ3) is 7.67. The fourth-order valence-electron chi connectivity index (χ4n) is 4.11. The van der Waals surface area contributed by atoms with Crippen LogP contribution in [0.15, 0.2) is 4.99 Å². The lowest BCUT2D eigenvalue weighted by atomic mass is 10.0. The molecule has 0 amide bonds. The molecular weight excluding hydrogens is 489 g/mol. The fourth-order valence-corrected chi connectivity index (χ4v) is 4.11. The Balaban J connectivity index is 0.00000450. The normalized spacial score (nSPS) is 18.2. The number of piperazine rings is 1. The van der Waals surface area contributed by atoms with E-state index in [1.807, 2.05) is 11.7 Å². The molecule has 0 spiro atoms. The number of likely N-dealkylation sites (N-methyl/N-ethyl adjacent to an activating group) is 1. The molecule has 1 aromatic heterocycles. The predicted molar refractivity (Wildman–Crippen MR) is 138 cm³/mol. The van der Waals surface area contributed by atoms with Gasteiger partial charge in [0.05, 0.1) is 12.2 Å². The molecule has 2 heterocycles. The lowest BCUT2D eigenvalue weighted by Crippen LogP contribution is -2.52. The van der Waals surface area contributed by atoms with E-state index >= 15 is 0 Å². The Morgan fingerprint density at radius 1 is 1.10 bits per heavy atom. The third-order valence-electron chi connectivity index (χ3n) is 6.11. The van der Waals surface area contributed by atoms with Gasteiger partial charge in [-0.1, -0.05) is 13.8 Å². The molecule has 2 unspecified atom stereocenters. The van der Waals surface area contributed by atoms with Gasteiger partial charge in [-0.15, -0.1) is 24.0 Å². The molecule has 30 heavy (non-hydrogen) atoms. The highest BCUT2D eigenvalue weighted by Gasteiger charge is 2.25. The van der Waals surface area contributed by atoms with Crippen molar-refractivity contribution in [2.45, 2.75) is 60.0 Å². The van der Waals surface area contributed by atoms with E-state index in [1.165, 1.54) is 11.3 Å². The van der Waals surface area contributed by atoms with Crippen molar-refractivity contribution in [1.82, 2.24) is 30.2 Å². The molecule has 2 rings (SSSR count). The third-order valence-corrected chi connectivity index (χ3v) is 6.11. The maximum absolute atomic E-state index is 4.98. The maximum Gasteiger partial charge on any atom is 0.191 e. The zero-order chi connectivity index (χ0) is 21.6. The second kappa shape index (κ2) is 12.9. The van der Waals surface area contributed by atoms with E-state index in [9.17, 15) is 0 Å². The number of nitrogens with one attached hydrogen (secondary N) is 2. The molecule has 0 saturated carbocycles. The summed E-state index contributed by atoms with van der Waals surface area (Å²) in [5.74, 6) is 1.50. The first-order valence-corrected chi connectivity index (χ1v) is 11.2. The lowest BCUT2D eigenvalue weighted by molar-refractivity contribution is 0.0925. The maximum atomic E-state index is 4.98. The molecular formula is C22H44IN7. The molecule has 0 radical (unpaired) electrons. The number of aliphatic imine (C=N–C) groups is 1. The van der Waals surface area contributed by atoms with Gasteiger partial charge in [-0.05, 0) is 52.6 Å². The van der Waals surface area contributed by atoms with Crippen LogP contribution < -0.4 is 10.6 Å². The monoisotopic (exact) mass is 533 g/mol. The lowest BCUT2D eigenvalue weighted by Gasteiger charge is -2.39. The second-order valence-electron chi connectivity index (χ2n) is 8.89. The van der Waals surface area contributed by atoms with Gasteiger partial charge in [0, 0.05) is 57.5 Å². The van der Waals surface area contributed by atoms with Crippen LogP contribution in [0.4, 0.5) is 0 Å². The van der Waals surface area contributed by atoms with Crippen molar-refractivity contribution < 1.29 is 0 Å². The largest absolute Gasteiger partial charge is 0.357 e. The first-order valence-electron chi connectivity index (χ1n) is 11.2. The zero-order valence-corrected chi connectivity index (χ0v) is 22.7. The van der Waals surface area contributed by atoms with Crippen LogP contribution in [0.3, 0.4) is 0 Å². The summed E-state index contributed by atoms with van der Waals surface area (Å²) in [6.45, 7) is 19.5. The highest BCUT2D eigenvalue weighted by atomic mass is 127. The standard InChI is InChI=1S/C22H43N7.HI/c1-9-23-22(25-17(4)14-20-18(5)26-28(8)19(20)6)24-15-21(16(2)3)29-12-10-27(7)11-13-29;/h16-17,21H,9-15H2,1-8H3,(H2,23,24,25);1H. The molecule has 1 saturated heterocycles. The van der Waals surface area contributed by atoms with Crippen molar-refractivity contribution in [2.24, 2.45) is 18.0 Å². The van der Waals surface area contributed by atoms with Crippen LogP contribution in [0.1, 0.15) is 44.6 Å². The van der Waals surface area contributed by atoms with Gasteiger partial charge < -0.3 is 15.5 Å². The summed E-state index contributed by atoms with van der Waals surface area (Å²) in [4.78, 5) is 10.0. The summed E-state index contributed by atoms with van der Waals surface area (Å²) >= 11 is 0. The van der Waals surface area contributed by atoms with Crippen LogP contribution in [-0.4, -0.2) is 83.9 Å². The number of hydrogen-bond donors (Lipinski definition) is 2. The zero-order valence-electron chi connectivity index (χ0n) is 20.3. The van der Waals surface area contributed by atoms with Crippen molar-refractivity contribution in [2.75, 3.05) is 46.3 Å². The second-order valence-corrected chi connectivity index (χ2v) is 8.89. The van der Waals surface area contributed by atoms with E-state index in [1.54, 1.807) is 0 Å². The van der Waals surface area contributed by atoms with Gasteiger partial charge in [-0.25, -0.2) is 0 Å². The predicted octanol–water partition coefficient (Wildman–Crippen LogP) is 2.41. The van der Waals surface area contributed by atoms with Crippen molar-refractivity contribution in [3.63, 3.8) is 0 Å². The minimum Gasteiger partial charge on any atom is -0.357 e. The minimum atomic E-state index is 0. The van der Waals surface area contributed by atoms with Crippen LogP contribution in [0.5, 0.6) is 0 Å². The van der Waals surface area contributed by atoms with Gasteiger partial charge in [-0.2, -0.15) is 5.10 Å². The Morgan fingerprint density at radius 2 is 1.73 bits per heavy atom. The van der Waals surface area contributed by atoms with E-state index in [4.69, 9.17) is 4.99 Å². The van der Waals surface area contributed by atoms with E-state index in [-0.39, 0.29) is 30.0 Å². The molecule has 7 nitrogen and oxygen atoms in total. The summed E-state index contributed by atoms with van der Waals surface area (Å²) in [7, 11) is 4.22. The van der Waals surface area contributed by atoms with E-state index in [2.05, 4.69) is 74.1 Å². The first-order chi connectivity index (χ1) is 13.7. The molecule has 2 N–H and O–H groups in total. The van der Waals surface area contributed by atoms with Crippen LogP contribution >= 0.6 is 24.0 Å². The van der Waals surface area contributed by atoms with Gasteiger partial charge in [0.15, 0.2) is 5.96 Å². The Hall–Kier alpha value is -0.870. The molecule has 8 heteroatoms. The van der Waals surface area contributed by atoms with Gasteiger partial charge in [0.1, 0.15) is 0 Å². The number of nitrogens with zero attached hydrogens (tertiary/aromatic N) is 5. The van der Waals surface area contributed by atoms with E-state index < -0.39 is 0 Å². The molecule has 174 valence electrons. The number of halogens is 1. The quantitative estimate of drug-likeness (QED) is 0.306. The Labute approximate surface area is 201 Å². The van der Waals surface area contributed by atoms with Crippen molar-refractivity contribution in [3.05, 3.63) is 17.0 Å². The average Bonchev–Trinajstić information content (AvgIpc) is 2.89. The molecule has 1 aliphatic heterocycles. The number of aromatic nitrogens is 2. The van der Waals surface area contributed by atoms with Crippen LogP contribution in [0, 0.1) is 19.8 Å². The summed E-state index contributed by atoms with van der Waals surface area (Å²) in [6, 6.07) is 0.771. The van der Waals surface area contributed by atoms with E-state index in [0.29, 0.717) is 12.0 Å². The number of rotatable bonds is 8. The van der Waals surface area contributed by atoms with Gasteiger partial charge >= 0.3 is 0 Å². The molecule has 1 fully saturated rings. The molecule has 1 aromatic rings. The number of guanidine groups is 1. The Kier molecular flexibility index (Phi) is 11.6. The van der Waals surface area contributed by atoms with Gasteiger partial charge in [0.25, 0.3) is 0 Å². The van der Waals surface area contributed by atoms with Crippen LogP contribution in [0.2, 0.25) is 0 Å². The molecule has 1 aliphatic rings. The average molecular weight is 534 g/mol. The highest BCUT2D eigenvalue weighted by molar-refractivity contribution is 14.0. The summed E-state index contributed by atoms with van der Waals surface area (Å²) in [5, 5.41) is 11.6. The van der Waals surface area contributed by atoms with Crippen molar-refractivity contribution in [1.29, 1.82) is 0 Å².